The van der Waals surface area contributed by atoms with Crippen LogP contribution in [0.1, 0.15) is 43.0 Å². The summed E-state index contributed by atoms with van der Waals surface area (Å²) >= 11 is 1.94. The topological polar surface area (TPSA) is 3.24 Å². The fourth-order valence-electron chi connectivity index (χ4n) is 3.33. The fraction of sp³-hybridized carbons (Fsp3) is 0.600. The SMILES string of the molecule is CCCN1CCCCC12C=Cc1ccsc1C2. The largest absolute Gasteiger partial charge is 0.294 e. The molecule has 1 aliphatic heterocycles. The van der Waals surface area contributed by atoms with Gasteiger partial charge in [-0.1, -0.05) is 25.5 Å². The van der Waals surface area contributed by atoms with Crippen LogP contribution in [-0.4, -0.2) is 23.5 Å². The Bertz CT molecular complexity index is 418. The molecular formula is C15H21NS. The molecule has 1 fully saturated rings. The van der Waals surface area contributed by atoms with E-state index >= 15 is 0 Å². The third kappa shape index (κ3) is 1.98. The molecule has 1 spiro atoms. The first-order chi connectivity index (χ1) is 8.34. The van der Waals surface area contributed by atoms with Gasteiger partial charge >= 0.3 is 0 Å². The van der Waals surface area contributed by atoms with E-state index in [0.29, 0.717) is 5.54 Å². The summed E-state index contributed by atoms with van der Waals surface area (Å²) in [6.45, 7) is 4.84. The highest BCUT2D eigenvalue weighted by Crippen LogP contribution is 2.39. The molecule has 1 aliphatic carbocycles. The Morgan fingerprint density at radius 2 is 2.35 bits per heavy atom. The predicted molar refractivity (Wildman–Crippen MR) is 75.5 cm³/mol. The van der Waals surface area contributed by atoms with Crippen molar-refractivity contribution in [3.05, 3.63) is 28.0 Å². The van der Waals surface area contributed by atoms with Crippen LogP contribution in [0.15, 0.2) is 17.5 Å². The molecule has 0 bridgehead atoms. The summed E-state index contributed by atoms with van der Waals surface area (Å²) in [5.41, 5.74) is 1.81. The van der Waals surface area contributed by atoms with Gasteiger partial charge in [0.1, 0.15) is 0 Å². The molecule has 1 unspecified atom stereocenters. The van der Waals surface area contributed by atoms with E-state index in [0.717, 1.165) is 0 Å². The van der Waals surface area contributed by atoms with E-state index in [9.17, 15) is 0 Å². The maximum Gasteiger partial charge on any atom is 0.0442 e. The number of rotatable bonds is 2. The van der Waals surface area contributed by atoms with E-state index in [-0.39, 0.29) is 0 Å². The summed E-state index contributed by atoms with van der Waals surface area (Å²) < 4.78 is 0. The maximum atomic E-state index is 2.73. The lowest BCUT2D eigenvalue weighted by molar-refractivity contribution is 0.0860. The minimum absolute atomic E-state index is 0.353. The van der Waals surface area contributed by atoms with E-state index in [1.165, 1.54) is 50.8 Å². The highest BCUT2D eigenvalue weighted by molar-refractivity contribution is 7.10. The normalized spacial score (nSPS) is 28.5. The van der Waals surface area contributed by atoms with Gasteiger partial charge in [0.2, 0.25) is 0 Å². The number of piperidine rings is 1. The zero-order chi connectivity index (χ0) is 11.7. The number of nitrogens with zero attached hydrogens (tertiary/aromatic N) is 1. The molecule has 0 N–H and O–H groups in total. The second-order valence-electron chi connectivity index (χ2n) is 5.36. The molecule has 1 aromatic heterocycles. The van der Waals surface area contributed by atoms with Crippen molar-refractivity contribution in [3.63, 3.8) is 0 Å². The molecule has 0 saturated carbocycles. The molecule has 0 amide bonds. The Morgan fingerprint density at radius 1 is 1.41 bits per heavy atom. The Hall–Kier alpha value is -0.600. The third-order valence-corrected chi connectivity index (χ3v) is 5.17. The van der Waals surface area contributed by atoms with E-state index in [1.807, 2.05) is 11.3 Å². The zero-order valence-electron chi connectivity index (χ0n) is 10.6. The van der Waals surface area contributed by atoms with Crippen molar-refractivity contribution in [2.75, 3.05) is 13.1 Å². The van der Waals surface area contributed by atoms with Gasteiger partial charge in [-0.15, -0.1) is 11.3 Å². The molecule has 2 heterocycles. The lowest BCUT2D eigenvalue weighted by Crippen LogP contribution is -2.52. The maximum absolute atomic E-state index is 2.73. The number of thiophene rings is 1. The van der Waals surface area contributed by atoms with Crippen LogP contribution >= 0.6 is 11.3 Å². The van der Waals surface area contributed by atoms with Crippen molar-refractivity contribution in [2.24, 2.45) is 0 Å². The Labute approximate surface area is 108 Å². The molecule has 1 saturated heterocycles. The van der Waals surface area contributed by atoms with Crippen LogP contribution in [0.25, 0.3) is 6.08 Å². The van der Waals surface area contributed by atoms with Crippen LogP contribution in [0.5, 0.6) is 0 Å². The van der Waals surface area contributed by atoms with Gasteiger partial charge in [0, 0.05) is 16.8 Å². The molecule has 0 aromatic carbocycles. The summed E-state index contributed by atoms with van der Waals surface area (Å²) in [5, 5.41) is 2.24. The van der Waals surface area contributed by atoms with Crippen LogP contribution in [-0.2, 0) is 6.42 Å². The highest BCUT2D eigenvalue weighted by Gasteiger charge is 2.38. The molecule has 92 valence electrons. The summed E-state index contributed by atoms with van der Waals surface area (Å²) in [5.74, 6) is 0. The third-order valence-electron chi connectivity index (χ3n) is 4.23. The number of hydrogen-bond donors (Lipinski definition) is 0. The molecule has 1 nitrogen and oxygen atoms in total. The van der Waals surface area contributed by atoms with Gasteiger partial charge in [0.15, 0.2) is 0 Å². The molecule has 1 aromatic rings. The van der Waals surface area contributed by atoms with Crippen LogP contribution < -0.4 is 0 Å². The van der Waals surface area contributed by atoms with E-state index < -0.39 is 0 Å². The first kappa shape index (κ1) is 11.5. The van der Waals surface area contributed by atoms with Crippen LogP contribution in [0, 0.1) is 0 Å². The standard InChI is InChI=1S/C15H21NS/c1-2-9-16-10-4-3-7-15(16)8-5-13-6-11-17-14(13)12-15/h5-6,8,11H,2-4,7,9-10,12H2,1H3. The van der Waals surface area contributed by atoms with Crippen molar-refractivity contribution >= 4 is 17.4 Å². The smallest absolute Gasteiger partial charge is 0.0442 e. The highest BCUT2D eigenvalue weighted by atomic mass is 32.1. The molecule has 2 heteroatoms. The van der Waals surface area contributed by atoms with Crippen LogP contribution in [0.2, 0.25) is 0 Å². The average molecular weight is 247 g/mol. The Kier molecular flexibility index (Phi) is 3.10. The minimum Gasteiger partial charge on any atom is -0.294 e. The van der Waals surface area contributed by atoms with Gasteiger partial charge in [-0.25, -0.2) is 0 Å². The second kappa shape index (κ2) is 4.58. The van der Waals surface area contributed by atoms with E-state index in [1.54, 1.807) is 4.88 Å². The lowest BCUT2D eigenvalue weighted by Gasteiger charge is -2.47. The molecule has 3 rings (SSSR count). The Balaban J connectivity index is 1.89. The second-order valence-corrected chi connectivity index (χ2v) is 6.36. The average Bonchev–Trinajstić information content (AvgIpc) is 2.80. The molecule has 2 aliphatic rings. The quantitative estimate of drug-likeness (QED) is 0.765. The summed E-state index contributed by atoms with van der Waals surface area (Å²) in [4.78, 5) is 4.32. The molecular weight excluding hydrogens is 226 g/mol. The molecule has 1 atom stereocenters. The number of likely N-dealkylation sites (tertiary alicyclic amines) is 1. The monoisotopic (exact) mass is 247 g/mol. The first-order valence-corrected chi connectivity index (χ1v) is 7.73. The fourth-order valence-corrected chi connectivity index (χ4v) is 4.32. The van der Waals surface area contributed by atoms with Gasteiger partial charge in [0.25, 0.3) is 0 Å². The summed E-state index contributed by atoms with van der Waals surface area (Å²) in [7, 11) is 0. The number of hydrogen-bond acceptors (Lipinski definition) is 2. The summed E-state index contributed by atoms with van der Waals surface area (Å²) in [6.07, 6.45) is 11.5. The van der Waals surface area contributed by atoms with Gasteiger partial charge in [-0.3, -0.25) is 4.90 Å². The van der Waals surface area contributed by atoms with Gasteiger partial charge in [-0.05, 0) is 49.4 Å². The van der Waals surface area contributed by atoms with Crippen molar-refractivity contribution in [1.29, 1.82) is 0 Å². The van der Waals surface area contributed by atoms with Crippen LogP contribution in [0.4, 0.5) is 0 Å². The van der Waals surface area contributed by atoms with Gasteiger partial charge < -0.3 is 0 Å². The van der Waals surface area contributed by atoms with Crippen molar-refractivity contribution in [1.82, 2.24) is 4.90 Å². The van der Waals surface area contributed by atoms with Crippen molar-refractivity contribution in [3.8, 4) is 0 Å². The van der Waals surface area contributed by atoms with Crippen molar-refractivity contribution < 1.29 is 0 Å². The minimum atomic E-state index is 0.353. The lowest BCUT2D eigenvalue weighted by atomic mass is 9.79. The van der Waals surface area contributed by atoms with E-state index in [2.05, 4.69) is 35.4 Å². The van der Waals surface area contributed by atoms with E-state index in [4.69, 9.17) is 0 Å². The number of fused-ring (bicyclic) bond motifs is 1. The van der Waals surface area contributed by atoms with Gasteiger partial charge in [-0.2, -0.15) is 0 Å². The molecule has 17 heavy (non-hydrogen) atoms. The predicted octanol–water partition coefficient (Wildman–Crippen LogP) is 3.95. The van der Waals surface area contributed by atoms with Crippen molar-refractivity contribution in [2.45, 2.75) is 44.6 Å². The summed E-state index contributed by atoms with van der Waals surface area (Å²) in [6, 6.07) is 2.26. The Morgan fingerprint density at radius 3 is 3.24 bits per heavy atom. The van der Waals surface area contributed by atoms with Gasteiger partial charge in [0.05, 0.1) is 0 Å². The zero-order valence-corrected chi connectivity index (χ0v) is 11.4. The first-order valence-electron chi connectivity index (χ1n) is 6.85. The molecule has 0 radical (unpaired) electrons. The van der Waals surface area contributed by atoms with Crippen LogP contribution in [0.3, 0.4) is 0 Å².